The fourth-order valence-corrected chi connectivity index (χ4v) is 4.16. The summed E-state index contributed by atoms with van der Waals surface area (Å²) in [5.41, 5.74) is 1.02. The van der Waals surface area contributed by atoms with Crippen molar-refractivity contribution in [1.29, 1.82) is 0 Å². The van der Waals surface area contributed by atoms with Gasteiger partial charge in [-0.3, -0.25) is 0 Å². The Morgan fingerprint density at radius 1 is 1.16 bits per heavy atom. The first-order valence-corrected chi connectivity index (χ1v) is 10.1. The van der Waals surface area contributed by atoms with E-state index in [4.69, 9.17) is 25.8 Å². The van der Waals surface area contributed by atoms with Crippen molar-refractivity contribution in [2.75, 3.05) is 13.2 Å². The van der Waals surface area contributed by atoms with E-state index in [9.17, 15) is 19.0 Å². The lowest BCUT2D eigenvalue weighted by Crippen LogP contribution is -2.34. The molecule has 2 aliphatic heterocycles. The summed E-state index contributed by atoms with van der Waals surface area (Å²) in [5.74, 6) is -2.36. The van der Waals surface area contributed by atoms with Crippen molar-refractivity contribution < 1.29 is 33.2 Å². The van der Waals surface area contributed by atoms with Crippen molar-refractivity contribution >= 4 is 22.8 Å². The lowest BCUT2D eigenvalue weighted by molar-refractivity contribution is 0.00706. The Balaban J connectivity index is 1.34. The number of H-pyrrole nitrogens is 1. The molecule has 11 heteroatoms. The van der Waals surface area contributed by atoms with E-state index in [0.717, 1.165) is 12.1 Å². The average Bonchev–Trinajstić information content (AvgIpc) is 3.42. The first-order chi connectivity index (χ1) is 14.9. The van der Waals surface area contributed by atoms with Crippen LogP contribution < -0.4 is 4.74 Å². The molecule has 2 fully saturated rings. The second kappa shape index (κ2) is 7.86. The monoisotopic (exact) mass is 453 g/mol. The molecule has 3 N–H and O–H groups in total. The zero-order valence-corrected chi connectivity index (χ0v) is 16.8. The number of nitrogens with one attached hydrogen (secondary N) is 1. The minimum absolute atomic E-state index is 0.0414. The number of ether oxygens (including phenoxy) is 3. The van der Waals surface area contributed by atoms with Crippen molar-refractivity contribution in [2.24, 2.45) is 0 Å². The molecule has 0 saturated carbocycles. The first-order valence-electron chi connectivity index (χ1n) is 9.69. The third kappa shape index (κ3) is 3.69. The number of phenols is 1. The third-order valence-electron chi connectivity index (χ3n) is 5.50. The topological polar surface area (TPSA) is 110 Å². The van der Waals surface area contributed by atoms with Crippen LogP contribution in [0.3, 0.4) is 0 Å². The SMILES string of the molecule is Oc1ccc(F)c(CCc2nc3nc(O[C@@H]4CO[C@H]5[C@@H]4OC[C@H]5O)[nH]c3cc2Cl)c1F. The van der Waals surface area contributed by atoms with Gasteiger partial charge in [0.2, 0.25) is 0 Å². The van der Waals surface area contributed by atoms with Crippen molar-refractivity contribution in [2.45, 2.75) is 37.3 Å². The summed E-state index contributed by atoms with van der Waals surface area (Å²) < 4.78 is 44.8. The van der Waals surface area contributed by atoms with E-state index >= 15 is 0 Å². The summed E-state index contributed by atoms with van der Waals surface area (Å²) in [6, 6.07) is 3.78. The van der Waals surface area contributed by atoms with Crippen molar-refractivity contribution in [3.8, 4) is 11.8 Å². The molecule has 2 aromatic heterocycles. The van der Waals surface area contributed by atoms with Gasteiger partial charge in [0.25, 0.3) is 6.01 Å². The summed E-state index contributed by atoms with van der Waals surface area (Å²) in [5, 5.41) is 19.6. The number of halogens is 3. The van der Waals surface area contributed by atoms with Gasteiger partial charge in [-0.1, -0.05) is 11.6 Å². The smallest absolute Gasteiger partial charge is 0.296 e. The largest absolute Gasteiger partial charge is 0.505 e. The van der Waals surface area contributed by atoms with Crippen molar-refractivity contribution in [1.82, 2.24) is 15.0 Å². The van der Waals surface area contributed by atoms with E-state index in [1.165, 1.54) is 0 Å². The molecule has 3 aromatic rings. The maximum atomic E-state index is 14.0. The van der Waals surface area contributed by atoms with Crippen molar-refractivity contribution in [3.05, 3.63) is 46.1 Å². The van der Waals surface area contributed by atoms with Crippen LogP contribution >= 0.6 is 11.6 Å². The molecular formula is C20H18ClF2N3O5. The number of nitrogens with zero attached hydrogens (tertiary/aromatic N) is 2. The van der Waals surface area contributed by atoms with E-state index in [0.29, 0.717) is 21.9 Å². The number of hydrogen-bond acceptors (Lipinski definition) is 7. The third-order valence-corrected chi connectivity index (χ3v) is 5.83. The Kier molecular flexibility index (Phi) is 5.17. The number of imidazole rings is 1. The number of benzene rings is 1. The molecule has 2 saturated heterocycles. The molecule has 4 heterocycles. The van der Waals surface area contributed by atoms with E-state index in [1.807, 2.05) is 0 Å². The van der Waals surface area contributed by atoms with Crippen molar-refractivity contribution in [3.63, 3.8) is 0 Å². The quantitative estimate of drug-likeness (QED) is 0.543. The molecule has 0 unspecified atom stereocenters. The lowest BCUT2D eigenvalue weighted by atomic mass is 10.1. The molecule has 0 radical (unpaired) electrons. The molecule has 8 nitrogen and oxygen atoms in total. The van der Waals surface area contributed by atoms with Crippen LogP contribution in [0.25, 0.3) is 11.2 Å². The predicted molar refractivity (Wildman–Crippen MR) is 104 cm³/mol. The molecule has 5 rings (SSSR count). The second-order valence-corrected chi connectivity index (χ2v) is 7.92. The number of aromatic nitrogens is 3. The lowest BCUT2D eigenvalue weighted by Gasteiger charge is -2.15. The Morgan fingerprint density at radius 3 is 2.81 bits per heavy atom. The number of phenolic OH excluding ortho intramolecular Hbond substituents is 1. The Morgan fingerprint density at radius 2 is 1.97 bits per heavy atom. The van der Waals surface area contributed by atoms with Gasteiger partial charge >= 0.3 is 0 Å². The number of hydrogen-bond donors (Lipinski definition) is 3. The summed E-state index contributed by atoms with van der Waals surface area (Å²) in [6.07, 6.45) is -1.83. The highest BCUT2D eigenvalue weighted by atomic mass is 35.5. The number of aromatic hydroxyl groups is 1. The summed E-state index contributed by atoms with van der Waals surface area (Å²) >= 11 is 6.29. The maximum Gasteiger partial charge on any atom is 0.296 e. The standard InChI is InChI=1S/C20H18ClF2N3O5/c21-9-5-12-19(24-11(9)3-1-8-10(22)2-4-13(27)16(8)23)26-20(25-12)31-15-7-30-17-14(28)6-29-18(15)17/h2,4-5,14-15,17-18,27-28H,1,3,6-7H2,(H,24,25,26)/t14-,15-,17-,18-/m1/s1. The summed E-state index contributed by atoms with van der Waals surface area (Å²) in [7, 11) is 0. The summed E-state index contributed by atoms with van der Waals surface area (Å²) in [6.45, 7) is 0.445. The van der Waals surface area contributed by atoms with Crippen LogP contribution in [0, 0.1) is 11.6 Å². The van der Waals surface area contributed by atoms with Gasteiger partial charge < -0.3 is 29.4 Å². The molecule has 164 valence electrons. The minimum atomic E-state index is -0.996. The Labute approximate surface area is 179 Å². The van der Waals surface area contributed by atoms with E-state index in [2.05, 4.69) is 15.0 Å². The number of aliphatic hydroxyl groups excluding tert-OH is 1. The van der Waals surface area contributed by atoms with Crippen LogP contribution in [-0.2, 0) is 22.3 Å². The van der Waals surface area contributed by atoms with Gasteiger partial charge in [0.05, 0.1) is 29.4 Å². The second-order valence-electron chi connectivity index (χ2n) is 7.51. The molecule has 1 aromatic carbocycles. The van der Waals surface area contributed by atoms with Crippen LogP contribution in [0.15, 0.2) is 18.2 Å². The van der Waals surface area contributed by atoms with Gasteiger partial charge in [-0.25, -0.2) is 13.8 Å². The van der Waals surface area contributed by atoms with E-state index in [-0.39, 0.29) is 43.7 Å². The molecule has 2 aliphatic rings. The fourth-order valence-electron chi connectivity index (χ4n) is 3.91. The van der Waals surface area contributed by atoms with Gasteiger partial charge in [-0.05, 0) is 31.0 Å². The van der Waals surface area contributed by atoms with Gasteiger partial charge in [-0.2, -0.15) is 4.98 Å². The molecule has 0 aliphatic carbocycles. The van der Waals surface area contributed by atoms with E-state index in [1.54, 1.807) is 6.07 Å². The van der Waals surface area contributed by atoms with Crippen LogP contribution in [0.4, 0.5) is 8.78 Å². The number of aromatic amines is 1. The van der Waals surface area contributed by atoms with Crippen LogP contribution in [0.2, 0.25) is 5.02 Å². The van der Waals surface area contributed by atoms with Crippen LogP contribution in [-0.4, -0.2) is 62.8 Å². The van der Waals surface area contributed by atoms with Gasteiger partial charge in [0.1, 0.15) is 24.1 Å². The molecule has 0 amide bonds. The maximum absolute atomic E-state index is 14.0. The predicted octanol–water partition coefficient (Wildman–Crippen LogP) is 2.29. The van der Waals surface area contributed by atoms with E-state index < -0.39 is 35.7 Å². The molecule has 31 heavy (non-hydrogen) atoms. The number of rotatable bonds is 5. The summed E-state index contributed by atoms with van der Waals surface area (Å²) in [4.78, 5) is 11.7. The zero-order chi connectivity index (χ0) is 21.7. The number of fused-ring (bicyclic) bond motifs is 2. The highest BCUT2D eigenvalue weighted by Gasteiger charge is 2.48. The Hall–Kier alpha value is -2.53. The number of aliphatic hydroxyl groups is 1. The molecule has 0 bridgehead atoms. The highest BCUT2D eigenvalue weighted by molar-refractivity contribution is 6.31. The number of pyridine rings is 1. The van der Waals surface area contributed by atoms with Gasteiger partial charge in [0, 0.05) is 5.56 Å². The first kappa shape index (κ1) is 20.4. The minimum Gasteiger partial charge on any atom is -0.505 e. The molecule has 0 spiro atoms. The molecule has 4 atom stereocenters. The normalized spacial score (nSPS) is 25.3. The van der Waals surface area contributed by atoms with Crippen LogP contribution in [0.1, 0.15) is 11.3 Å². The van der Waals surface area contributed by atoms with Gasteiger partial charge in [-0.15, -0.1) is 0 Å². The average molecular weight is 454 g/mol. The Bertz CT molecular complexity index is 1140. The fraction of sp³-hybridized carbons (Fsp3) is 0.400. The molecular weight excluding hydrogens is 436 g/mol. The van der Waals surface area contributed by atoms with Crippen LogP contribution in [0.5, 0.6) is 11.8 Å². The van der Waals surface area contributed by atoms with Gasteiger partial charge in [0.15, 0.2) is 23.3 Å². The highest BCUT2D eigenvalue weighted by Crippen LogP contribution is 2.30. The zero-order valence-electron chi connectivity index (χ0n) is 16.0. The number of aryl methyl sites for hydroxylation is 1.